The molecule has 0 aliphatic heterocycles. The second kappa shape index (κ2) is 9.17. The lowest BCUT2D eigenvalue weighted by atomic mass is 10.2. The van der Waals surface area contributed by atoms with Gasteiger partial charge in [0, 0.05) is 24.3 Å². The third-order valence-corrected chi connectivity index (χ3v) is 4.93. The number of ether oxygens (including phenoxy) is 1. The molecular weight excluding hydrogens is 401 g/mol. The van der Waals surface area contributed by atoms with Crippen LogP contribution in [0, 0.1) is 13.8 Å². The summed E-state index contributed by atoms with van der Waals surface area (Å²) in [6, 6.07) is 8.79. The standard InChI is InChI=1S/C20H21Cl2N3O3/c1-13-10-15(4-6-17(13)21)27-12-16-5-7-19(28-16)20(26)23-8-3-9-25-11-18(22)14(2)24-25/h4-7,10-11H,3,8-9,12H2,1-2H3,(H,23,26). The zero-order chi connectivity index (χ0) is 20.1. The van der Waals surface area contributed by atoms with Crippen LogP contribution in [0.5, 0.6) is 5.75 Å². The summed E-state index contributed by atoms with van der Waals surface area (Å²) in [5.74, 6) is 1.25. The van der Waals surface area contributed by atoms with Gasteiger partial charge in [0.05, 0.1) is 10.7 Å². The molecule has 1 aromatic carbocycles. The van der Waals surface area contributed by atoms with E-state index in [2.05, 4.69) is 10.4 Å². The molecule has 0 radical (unpaired) electrons. The van der Waals surface area contributed by atoms with E-state index in [1.807, 2.05) is 19.9 Å². The van der Waals surface area contributed by atoms with Crippen LogP contribution in [0.2, 0.25) is 10.0 Å². The molecular formula is C20H21Cl2N3O3. The van der Waals surface area contributed by atoms with Gasteiger partial charge in [0.25, 0.3) is 5.91 Å². The lowest BCUT2D eigenvalue weighted by Gasteiger charge is -2.06. The van der Waals surface area contributed by atoms with Crippen molar-refractivity contribution in [2.75, 3.05) is 6.54 Å². The number of hydrogen-bond donors (Lipinski definition) is 1. The maximum absolute atomic E-state index is 12.2. The van der Waals surface area contributed by atoms with E-state index >= 15 is 0 Å². The van der Waals surface area contributed by atoms with Gasteiger partial charge in [-0.15, -0.1) is 0 Å². The van der Waals surface area contributed by atoms with E-state index in [1.165, 1.54) is 0 Å². The summed E-state index contributed by atoms with van der Waals surface area (Å²) in [5.41, 5.74) is 1.73. The number of aryl methyl sites for hydroxylation is 3. The average molecular weight is 422 g/mol. The number of amides is 1. The Kier molecular flexibility index (Phi) is 6.65. The monoisotopic (exact) mass is 421 g/mol. The van der Waals surface area contributed by atoms with E-state index in [1.54, 1.807) is 35.1 Å². The molecule has 148 valence electrons. The summed E-state index contributed by atoms with van der Waals surface area (Å²) >= 11 is 12.0. The lowest BCUT2D eigenvalue weighted by molar-refractivity contribution is 0.0921. The van der Waals surface area contributed by atoms with Crippen LogP contribution in [-0.2, 0) is 13.2 Å². The van der Waals surface area contributed by atoms with Crippen molar-refractivity contribution < 1.29 is 13.9 Å². The van der Waals surface area contributed by atoms with Crippen molar-refractivity contribution in [2.45, 2.75) is 33.4 Å². The summed E-state index contributed by atoms with van der Waals surface area (Å²) in [7, 11) is 0. The van der Waals surface area contributed by atoms with Crippen LogP contribution in [0.25, 0.3) is 0 Å². The summed E-state index contributed by atoms with van der Waals surface area (Å²) in [4.78, 5) is 12.2. The van der Waals surface area contributed by atoms with Crippen LogP contribution in [0.3, 0.4) is 0 Å². The molecule has 0 bridgehead atoms. The molecule has 3 aromatic rings. The van der Waals surface area contributed by atoms with Crippen molar-refractivity contribution in [3.8, 4) is 5.75 Å². The molecule has 6 nitrogen and oxygen atoms in total. The number of nitrogens with zero attached hydrogens (tertiary/aromatic N) is 2. The Bertz CT molecular complexity index is 946. The van der Waals surface area contributed by atoms with Crippen molar-refractivity contribution >= 4 is 29.1 Å². The van der Waals surface area contributed by atoms with Crippen molar-refractivity contribution in [2.24, 2.45) is 0 Å². The van der Waals surface area contributed by atoms with E-state index in [0.717, 1.165) is 17.7 Å². The molecule has 0 atom stereocenters. The molecule has 0 saturated carbocycles. The molecule has 8 heteroatoms. The minimum atomic E-state index is -0.261. The van der Waals surface area contributed by atoms with Crippen molar-refractivity contribution in [3.05, 3.63) is 69.4 Å². The molecule has 0 aliphatic rings. The van der Waals surface area contributed by atoms with Crippen LogP contribution in [0.15, 0.2) is 40.9 Å². The van der Waals surface area contributed by atoms with Gasteiger partial charge in [0.15, 0.2) is 5.76 Å². The van der Waals surface area contributed by atoms with Gasteiger partial charge >= 0.3 is 0 Å². The molecule has 0 fully saturated rings. The first kappa shape index (κ1) is 20.3. The molecule has 0 aliphatic carbocycles. The Balaban J connectivity index is 1.43. The van der Waals surface area contributed by atoms with Gasteiger partial charge in [-0.05, 0) is 56.2 Å². The molecule has 2 heterocycles. The molecule has 0 unspecified atom stereocenters. The topological polar surface area (TPSA) is 69.3 Å². The summed E-state index contributed by atoms with van der Waals surface area (Å²) in [6.07, 6.45) is 2.51. The summed E-state index contributed by atoms with van der Waals surface area (Å²) < 4.78 is 13.0. The van der Waals surface area contributed by atoms with Gasteiger partial charge in [-0.25, -0.2) is 0 Å². The zero-order valence-corrected chi connectivity index (χ0v) is 17.2. The van der Waals surface area contributed by atoms with Crippen LogP contribution < -0.4 is 10.1 Å². The van der Waals surface area contributed by atoms with E-state index in [-0.39, 0.29) is 18.3 Å². The Morgan fingerprint density at radius 1 is 1.21 bits per heavy atom. The lowest BCUT2D eigenvalue weighted by Crippen LogP contribution is -2.24. The molecule has 1 amide bonds. The van der Waals surface area contributed by atoms with Crippen LogP contribution >= 0.6 is 23.2 Å². The van der Waals surface area contributed by atoms with Gasteiger partial charge in [0.1, 0.15) is 18.1 Å². The number of rotatable bonds is 8. The van der Waals surface area contributed by atoms with E-state index in [0.29, 0.717) is 34.6 Å². The Morgan fingerprint density at radius 3 is 2.75 bits per heavy atom. The van der Waals surface area contributed by atoms with Crippen LogP contribution in [0.4, 0.5) is 0 Å². The zero-order valence-electron chi connectivity index (χ0n) is 15.7. The highest BCUT2D eigenvalue weighted by molar-refractivity contribution is 6.31. The Labute approximate surface area is 173 Å². The molecule has 1 N–H and O–H groups in total. The fraction of sp³-hybridized carbons (Fsp3) is 0.300. The first-order chi connectivity index (χ1) is 13.4. The quantitative estimate of drug-likeness (QED) is 0.530. The third-order valence-electron chi connectivity index (χ3n) is 4.13. The first-order valence-corrected chi connectivity index (χ1v) is 9.63. The molecule has 2 aromatic heterocycles. The highest BCUT2D eigenvalue weighted by atomic mass is 35.5. The smallest absolute Gasteiger partial charge is 0.286 e. The second-order valence-electron chi connectivity index (χ2n) is 6.40. The van der Waals surface area contributed by atoms with Gasteiger partial charge in [-0.3, -0.25) is 9.48 Å². The fourth-order valence-electron chi connectivity index (χ4n) is 2.58. The normalized spacial score (nSPS) is 10.9. The second-order valence-corrected chi connectivity index (χ2v) is 7.21. The van der Waals surface area contributed by atoms with Gasteiger partial charge < -0.3 is 14.5 Å². The maximum Gasteiger partial charge on any atom is 0.286 e. The minimum absolute atomic E-state index is 0.230. The van der Waals surface area contributed by atoms with Crippen molar-refractivity contribution in [1.29, 1.82) is 0 Å². The maximum atomic E-state index is 12.2. The van der Waals surface area contributed by atoms with E-state index < -0.39 is 0 Å². The number of halogens is 2. The number of benzene rings is 1. The number of furan rings is 1. The van der Waals surface area contributed by atoms with Gasteiger partial charge in [0.2, 0.25) is 0 Å². The number of aromatic nitrogens is 2. The average Bonchev–Trinajstić information content (AvgIpc) is 3.26. The van der Waals surface area contributed by atoms with Crippen LogP contribution in [-0.4, -0.2) is 22.2 Å². The summed E-state index contributed by atoms with van der Waals surface area (Å²) in [5, 5.41) is 8.44. The molecule has 0 spiro atoms. The predicted molar refractivity (Wildman–Crippen MR) is 108 cm³/mol. The predicted octanol–water partition coefficient (Wildman–Crippen LogP) is 4.80. The fourth-order valence-corrected chi connectivity index (χ4v) is 2.85. The van der Waals surface area contributed by atoms with Crippen molar-refractivity contribution in [3.63, 3.8) is 0 Å². The summed E-state index contributed by atoms with van der Waals surface area (Å²) in [6.45, 7) is 5.17. The number of carbonyl (C=O) groups is 1. The molecule has 28 heavy (non-hydrogen) atoms. The van der Waals surface area contributed by atoms with Gasteiger partial charge in [-0.2, -0.15) is 5.10 Å². The largest absolute Gasteiger partial charge is 0.486 e. The van der Waals surface area contributed by atoms with E-state index in [4.69, 9.17) is 32.4 Å². The SMILES string of the molecule is Cc1cc(OCc2ccc(C(=O)NCCCn3cc(Cl)c(C)n3)o2)ccc1Cl. The third kappa shape index (κ3) is 5.30. The van der Waals surface area contributed by atoms with E-state index in [9.17, 15) is 4.79 Å². The van der Waals surface area contributed by atoms with Crippen LogP contribution in [0.1, 0.15) is 34.0 Å². The number of nitrogens with one attached hydrogen (secondary N) is 1. The molecule has 0 saturated heterocycles. The minimum Gasteiger partial charge on any atom is -0.486 e. The highest BCUT2D eigenvalue weighted by Gasteiger charge is 2.11. The van der Waals surface area contributed by atoms with Crippen molar-refractivity contribution in [1.82, 2.24) is 15.1 Å². The molecule has 3 rings (SSSR count). The Hall–Kier alpha value is -2.44. The van der Waals surface area contributed by atoms with Gasteiger partial charge in [-0.1, -0.05) is 23.2 Å². The first-order valence-electron chi connectivity index (χ1n) is 8.88. The highest BCUT2D eigenvalue weighted by Crippen LogP contribution is 2.22. The number of carbonyl (C=O) groups excluding carboxylic acids is 1. The number of hydrogen-bond acceptors (Lipinski definition) is 4. The Morgan fingerprint density at radius 2 is 2.04 bits per heavy atom.